The van der Waals surface area contributed by atoms with Crippen molar-refractivity contribution in [2.24, 2.45) is 0 Å². The van der Waals surface area contributed by atoms with E-state index in [1.54, 1.807) is 30.6 Å². The first-order valence-electron chi connectivity index (χ1n) is 10.1. The number of hydrogen-bond acceptors (Lipinski definition) is 6. The summed E-state index contributed by atoms with van der Waals surface area (Å²) in [7, 11) is 1.60. The molecule has 0 saturated heterocycles. The average Bonchev–Trinajstić information content (AvgIpc) is 3.30. The zero-order valence-electron chi connectivity index (χ0n) is 17.5. The highest BCUT2D eigenvalue weighted by Crippen LogP contribution is 2.23. The third-order valence-electron chi connectivity index (χ3n) is 4.86. The van der Waals surface area contributed by atoms with E-state index in [4.69, 9.17) is 4.74 Å². The van der Waals surface area contributed by atoms with Crippen LogP contribution in [0.1, 0.15) is 5.69 Å². The first-order chi connectivity index (χ1) is 15.6. The van der Waals surface area contributed by atoms with E-state index in [2.05, 4.69) is 15.3 Å². The predicted octanol–water partition coefficient (Wildman–Crippen LogP) is 3.40. The summed E-state index contributed by atoms with van der Waals surface area (Å²) >= 11 is 1.58. The number of aromatic nitrogens is 3. The van der Waals surface area contributed by atoms with E-state index in [9.17, 15) is 9.59 Å². The number of ether oxygens (including phenoxy) is 1. The van der Waals surface area contributed by atoms with Crippen LogP contribution in [0.25, 0.3) is 21.8 Å². The summed E-state index contributed by atoms with van der Waals surface area (Å²) in [6.07, 6.45) is 2.02. The topological polar surface area (TPSA) is 86.1 Å². The maximum absolute atomic E-state index is 12.4. The first kappa shape index (κ1) is 21.5. The molecule has 0 spiro atoms. The van der Waals surface area contributed by atoms with Gasteiger partial charge < -0.3 is 10.1 Å². The largest absolute Gasteiger partial charge is 0.497 e. The Labute approximate surface area is 189 Å². The molecule has 1 amide bonds. The quantitative estimate of drug-likeness (QED) is 0.448. The van der Waals surface area contributed by atoms with Crippen molar-refractivity contribution in [1.29, 1.82) is 0 Å². The fourth-order valence-corrected chi connectivity index (χ4v) is 4.00. The number of hydrogen-bond donors (Lipinski definition) is 1. The van der Waals surface area contributed by atoms with Gasteiger partial charge >= 0.3 is 0 Å². The molecule has 4 aromatic rings. The van der Waals surface area contributed by atoms with Crippen LogP contribution in [0.2, 0.25) is 0 Å². The molecule has 0 aliphatic heterocycles. The Morgan fingerprint density at radius 1 is 1.09 bits per heavy atom. The van der Waals surface area contributed by atoms with Gasteiger partial charge in [-0.2, -0.15) is 0 Å². The minimum absolute atomic E-state index is 0.0823. The van der Waals surface area contributed by atoms with Gasteiger partial charge in [-0.3, -0.25) is 14.2 Å². The summed E-state index contributed by atoms with van der Waals surface area (Å²) in [5.74, 6) is 0.484. The van der Waals surface area contributed by atoms with Gasteiger partial charge in [0.25, 0.3) is 5.56 Å². The Balaban J connectivity index is 1.30. The molecule has 0 saturated carbocycles. The second-order valence-corrected chi connectivity index (χ2v) is 7.94. The number of nitrogens with zero attached hydrogens (tertiary/aromatic N) is 3. The van der Waals surface area contributed by atoms with Crippen LogP contribution >= 0.6 is 11.3 Å². The fourth-order valence-electron chi connectivity index (χ4n) is 3.14. The van der Waals surface area contributed by atoms with Crippen LogP contribution in [0.4, 0.5) is 0 Å². The highest BCUT2D eigenvalue weighted by atomic mass is 32.1. The average molecular weight is 447 g/mol. The summed E-state index contributed by atoms with van der Waals surface area (Å²) < 4.78 is 6.43. The monoisotopic (exact) mass is 446 g/mol. The molecule has 4 rings (SSSR count). The molecule has 0 atom stereocenters. The van der Waals surface area contributed by atoms with E-state index in [1.807, 2.05) is 47.8 Å². The van der Waals surface area contributed by atoms with E-state index < -0.39 is 0 Å². The van der Waals surface area contributed by atoms with Gasteiger partial charge in [-0.15, -0.1) is 11.3 Å². The number of benzene rings is 2. The molecular formula is C24H22N4O3S. The van der Waals surface area contributed by atoms with Crippen LogP contribution in [0.3, 0.4) is 0 Å². The normalized spacial score (nSPS) is 10.7. The van der Waals surface area contributed by atoms with Crippen LogP contribution in [-0.4, -0.2) is 34.1 Å². The zero-order valence-corrected chi connectivity index (χ0v) is 18.3. The lowest BCUT2D eigenvalue weighted by molar-refractivity contribution is -0.121. The standard InChI is InChI=1S/C24H22N4O3S/c1-31-20-9-7-17(8-10-20)21-13-23(30)28(16-26-21)14-22(29)25-12-11-19-15-32-24(27-19)18-5-3-2-4-6-18/h2-10,13,15-16H,11-12,14H2,1H3,(H,25,29). The van der Waals surface area contributed by atoms with Gasteiger partial charge in [-0.05, 0) is 24.3 Å². The van der Waals surface area contributed by atoms with Gasteiger partial charge in [0.15, 0.2) is 0 Å². The maximum atomic E-state index is 12.4. The third-order valence-corrected chi connectivity index (χ3v) is 5.80. The number of carbonyl (C=O) groups is 1. The molecule has 1 N–H and O–H groups in total. The molecular weight excluding hydrogens is 424 g/mol. The molecule has 0 bridgehead atoms. The summed E-state index contributed by atoms with van der Waals surface area (Å²) in [5.41, 5.74) is 3.08. The van der Waals surface area contributed by atoms with E-state index in [0.29, 0.717) is 18.7 Å². The molecule has 0 radical (unpaired) electrons. The van der Waals surface area contributed by atoms with Crippen LogP contribution in [0.5, 0.6) is 5.75 Å². The van der Waals surface area contributed by atoms with Gasteiger partial charge in [0.2, 0.25) is 5.91 Å². The van der Waals surface area contributed by atoms with Crippen LogP contribution in [0, 0.1) is 0 Å². The van der Waals surface area contributed by atoms with Crippen molar-refractivity contribution in [3.05, 3.63) is 88.4 Å². The lowest BCUT2D eigenvalue weighted by Crippen LogP contribution is -2.33. The number of amides is 1. The van der Waals surface area contributed by atoms with E-state index in [-0.39, 0.29) is 18.0 Å². The van der Waals surface area contributed by atoms with Gasteiger partial charge in [-0.25, -0.2) is 9.97 Å². The molecule has 0 aliphatic rings. The SMILES string of the molecule is COc1ccc(-c2cc(=O)n(CC(=O)NCCc3csc(-c4ccccc4)n3)cn2)cc1. The Morgan fingerprint density at radius 2 is 1.88 bits per heavy atom. The summed E-state index contributed by atoms with van der Waals surface area (Å²) in [6, 6.07) is 18.7. The Kier molecular flexibility index (Phi) is 6.72. The van der Waals surface area contributed by atoms with Crippen molar-refractivity contribution in [1.82, 2.24) is 19.9 Å². The Hall–Kier alpha value is -3.78. The van der Waals surface area contributed by atoms with E-state index in [1.165, 1.54) is 17.0 Å². The van der Waals surface area contributed by atoms with Gasteiger partial charge in [0.05, 0.1) is 24.8 Å². The van der Waals surface area contributed by atoms with Crippen LogP contribution in [-0.2, 0) is 17.8 Å². The smallest absolute Gasteiger partial charge is 0.254 e. The van der Waals surface area contributed by atoms with Crippen LogP contribution < -0.4 is 15.6 Å². The number of carbonyl (C=O) groups excluding carboxylic acids is 1. The van der Waals surface area contributed by atoms with Gasteiger partial charge in [-0.1, -0.05) is 30.3 Å². The summed E-state index contributed by atoms with van der Waals surface area (Å²) in [6.45, 7) is 0.365. The van der Waals surface area contributed by atoms with Crippen molar-refractivity contribution in [3.63, 3.8) is 0 Å². The summed E-state index contributed by atoms with van der Waals surface area (Å²) in [5, 5.41) is 5.80. The maximum Gasteiger partial charge on any atom is 0.254 e. The number of nitrogens with one attached hydrogen (secondary N) is 1. The number of rotatable bonds is 8. The molecule has 2 aromatic carbocycles. The minimum Gasteiger partial charge on any atom is -0.497 e. The van der Waals surface area contributed by atoms with Crippen molar-refractivity contribution in [2.45, 2.75) is 13.0 Å². The molecule has 2 aromatic heterocycles. The van der Waals surface area contributed by atoms with E-state index in [0.717, 1.165) is 27.6 Å². The lowest BCUT2D eigenvalue weighted by Gasteiger charge is -2.08. The highest BCUT2D eigenvalue weighted by molar-refractivity contribution is 7.13. The molecule has 0 fully saturated rings. The highest BCUT2D eigenvalue weighted by Gasteiger charge is 2.09. The Morgan fingerprint density at radius 3 is 2.59 bits per heavy atom. The summed E-state index contributed by atoms with van der Waals surface area (Å²) in [4.78, 5) is 33.6. The van der Waals surface area contributed by atoms with Gasteiger partial charge in [0.1, 0.15) is 17.3 Å². The molecule has 0 aliphatic carbocycles. The lowest BCUT2D eigenvalue weighted by atomic mass is 10.1. The predicted molar refractivity (Wildman–Crippen MR) is 125 cm³/mol. The second-order valence-electron chi connectivity index (χ2n) is 7.08. The Bertz CT molecular complexity index is 1250. The van der Waals surface area contributed by atoms with Gasteiger partial charge in [0, 0.05) is 35.5 Å². The first-order valence-corrected chi connectivity index (χ1v) is 11.0. The molecule has 162 valence electrons. The minimum atomic E-state index is -0.284. The number of thiazole rings is 1. The van der Waals surface area contributed by atoms with E-state index >= 15 is 0 Å². The molecule has 2 heterocycles. The van der Waals surface area contributed by atoms with Crippen molar-refractivity contribution >= 4 is 17.2 Å². The van der Waals surface area contributed by atoms with Crippen LogP contribution in [0.15, 0.2) is 77.2 Å². The third kappa shape index (κ3) is 5.28. The molecule has 32 heavy (non-hydrogen) atoms. The van der Waals surface area contributed by atoms with Crippen molar-refractivity contribution in [2.75, 3.05) is 13.7 Å². The molecule has 7 nitrogen and oxygen atoms in total. The second kappa shape index (κ2) is 10.0. The molecule has 0 unspecified atom stereocenters. The fraction of sp³-hybridized carbons (Fsp3) is 0.167. The zero-order chi connectivity index (χ0) is 22.3. The molecule has 8 heteroatoms. The number of methoxy groups -OCH3 is 1. The van der Waals surface area contributed by atoms with Crippen molar-refractivity contribution < 1.29 is 9.53 Å². The van der Waals surface area contributed by atoms with Crippen molar-refractivity contribution in [3.8, 4) is 27.6 Å².